The molecule has 1 N–H and O–H groups in total. The van der Waals surface area contributed by atoms with Gasteiger partial charge in [-0.3, -0.25) is 9.59 Å². The molecule has 0 saturated carbocycles. The summed E-state index contributed by atoms with van der Waals surface area (Å²) in [4.78, 5) is 21.0. The third-order valence-electron chi connectivity index (χ3n) is 1.26. The van der Waals surface area contributed by atoms with Gasteiger partial charge in [-0.15, -0.1) is 0 Å². The lowest BCUT2D eigenvalue weighted by molar-refractivity contribution is -0.139. The SMILES string of the molecule is CC/C=C(\C)C(=O)CC(=O)O. The molecule has 0 aliphatic rings. The van der Waals surface area contributed by atoms with Gasteiger partial charge in [-0.2, -0.15) is 0 Å². The van der Waals surface area contributed by atoms with Crippen molar-refractivity contribution in [3.8, 4) is 0 Å². The van der Waals surface area contributed by atoms with Gasteiger partial charge in [0.05, 0.1) is 0 Å². The first-order valence-electron chi connectivity index (χ1n) is 3.49. The zero-order valence-corrected chi connectivity index (χ0v) is 6.76. The van der Waals surface area contributed by atoms with Gasteiger partial charge >= 0.3 is 5.97 Å². The predicted octanol–water partition coefficient (Wildman–Crippen LogP) is 1.39. The van der Waals surface area contributed by atoms with Crippen LogP contribution in [0.25, 0.3) is 0 Å². The first-order valence-corrected chi connectivity index (χ1v) is 3.49. The summed E-state index contributed by atoms with van der Waals surface area (Å²) in [5, 5.41) is 8.25. The van der Waals surface area contributed by atoms with E-state index in [0.717, 1.165) is 6.42 Å². The van der Waals surface area contributed by atoms with Gasteiger partial charge in [0.25, 0.3) is 0 Å². The number of rotatable bonds is 4. The van der Waals surface area contributed by atoms with Crippen molar-refractivity contribution >= 4 is 11.8 Å². The normalized spacial score (nSPS) is 11.3. The predicted molar refractivity (Wildman–Crippen MR) is 41.3 cm³/mol. The standard InChI is InChI=1S/C8H12O3/c1-3-4-6(2)7(9)5-8(10)11/h4H,3,5H2,1-2H3,(H,10,11)/b6-4+. The van der Waals surface area contributed by atoms with Crippen molar-refractivity contribution in [1.82, 2.24) is 0 Å². The van der Waals surface area contributed by atoms with Crippen molar-refractivity contribution in [3.05, 3.63) is 11.6 Å². The summed E-state index contributed by atoms with van der Waals surface area (Å²) >= 11 is 0. The van der Waals surface area contributed by atoms with Gasteiger partial charge < -0.3 is 5.11 Å². The smallest absolute Gasteiger partial charge is 0.311 e. The highest BCUT2D eigenvalue weighted by atomic mass is 16.4. The molecule has 0 radical (unpaired) electrons. The number of carboxylic acid groups (broad SMARTS) is 1. The summed E-state index contributed by atoms with van der Waals surface area (Å²) in [5.74, 6) is -1.38. The number of allylic oxidation sites excluding steroid dienone is 2. The van der Waals surface area contributed by atoms with Crippen LogP contribution >= 0.6 is 0 Å². The van der Waals surface area contributed by atoms with Gasteiger partial charge in [0, 0.05) is 0 Å². The molecular formula is C8H12O3. The fourth-order valence-electron chi connectivity index (χ4n) is 0.697. The number of Topliss-reactive ketones (excluding diaryl/α,β-unsaturated/α-hetero) is 1. The molecule has 0 unspecified atom stereocenters. The average molecular weight is 156 g/mol. The lowest BCUT2D eigenvalue weighted by Gasteiger charge is -1.95. The lowest BCUT2D eigenvalue weighted by atomic mass is 10.1. The van der Waals surface area contributed by atoms with Crippen LogP contribution in [-0.4, -0.2) is 16.9 Å². The number of carbonyl (C=O) groups is 2. The zero-order valence-electron chi connectivity index (χ0n) is 6.76. The second-order valence-corrected chi connectivity index (χ2v) is 2.29. The fourth-order valence-corrected chi connectivity index (χ4v) is 0.697. The second kappa shape index (κ2) is 4.66. The highest BCUT2D eigenvalue weighted by Gasteiger charge is 2.08. The quantitative estimate of drug-likeness (QED) is 0.494. The van der Waals surface area contributed by atoms with E-state index >= 15 is 0 Å². The number of hydrogen-bond donors (Lipinski definition) is 1. The summed E-state index contributed by atoms with van der Waals surface area (Å²) in [7, 11) is 0. The van der Waals surface area contributed by atoms with Gasteiger partial charge in [-0.1, -0.05) is 13.0 Å². The molecule has 0 heterocycles. The van der Waals surface area contributed by atoms with Crippen LogP contribution in [-0.2, 0) is 9.59 Å². The molecule has 0 spiro atoms. The van der Waals surface area contributed by atoms with Crippen LogP contribution in [0, 0.1) is 0 Å². The molecule has 0 aliphatic carbocycles. The number of aliphatic carboxylic acids is 1. The van der Waals surface area contributed by atoms with Gasteiger partial charge in [-0.25, -0.2) is 0 Å². The van der Waals surface area contributed by atoms with Gasteiger partial charge in [0.2, 0.25) is 0 Å². The van der Waals surface area contributed by atoms with Crippen molar-refractivity contribution in [3.63, 3.8) is 0 Å². The van der Waals surface area contributed by atoms with Crippen LogP contribution in [0.4, 0.5) is 0 Å². The molecule has 0 aliphatic heterocycles. The number of ketones is 1. The van der Waals surface area contributed by atoms with Crippen LogP contribution in [0.3, 0.4) is 0 Å². The maximum atomic E-state index is 10.9. The Bertz CT molecular complexity index is 192. The molecule has 0 aromatic rings. The zero-order chi connectivity index (χ0) is 8.85. The maximum absolute atomic E-state index is 10.9. The molecule has 0 bridgehead atoms. The van der Waals surface area contributed by atoms with E-state index in [0.29, 0.717) is 5.57 Å². The first-order chi connectivity index (χ1) is 5.07. The minimum Gasteiger partial charge on any atom is -0.481 e. The van der Waals surface area contributed by atoms with E-state index in [1.165, 1.54) is 0 Å². The molecule has 3 heteroatoms. The molecule has 0 aromatic heterocycles. The van der Waals surface area contributed by atoms with Crippen LogP contribution in [0.1, 0.15) is 26.7 Å². The monoisotopic (exact) mass is 156 g/mol. The van der Waals surface area contributed by atoms with Crippen molar-refractivity contribution in [1.29, 1.82) is 0 Å². The molecule has 0 fully saturated rings. The Kier molecular flexibility index (Phi) is 4.18. The largest absolute Gasteiger partial charge is 0.481 e. The van der Waals surface area contributed by atoms with Crippen LogP contribution < -0.4 is 0 Å². The van der Waals surface area contributed by atoms with Crippen LogP contribution in [0.2, 0.25) is 0 Å². The fraction of sp³-hybridized carbons (Fsp3) is 0.500. The highest BCUT2D eigenvalue weighted by molar-refractivity contribution is 6.04. The van der Waals surface area contributed by atoms with E-state index in [-0.39, 0.29) is 5.78 Å². The van der Waals surface area contributed by atoms with Gasteiger partial charge in [-0.05, 0) is 18.9 Å². The molecule has 0 rings (SSSR count). The Morgan fingerprint density at radius 1 is 1.45 bits per heavy atom. The Balaban J connectivity index is 4.03. The Hall–Kier alpha value is -1.12. The van der Waals surface area contributed by atoms with Crippen molar-refractivity contribution in [2.75, 3.05) is 0 Å². The molecular weight excluding hydrogens is 144 g/mol. The summed E-state index contributed by atoms with van der Waals surface area (Å²) in [6.07, 6.45) is 2.09. The second-order valence-electron chi connectivity index (χ2n) is 2.29. The van der Waals surface area contributed by atoms with E-state index in [9.17, 15) is 9.59 Å². The number of carboxylic acids is 1. The molecule has 0 saturated heterocycles. The minimum atomic E-state index is -1.07. The van der Waals surface area contributed by atoms with Crippen LogP contribution in [0.15, 0.2) is 11.6 Å². The van der Waals surface area contributed by atoms with Gasteiger partial charge in [0.15, 0.2) is 5.78 Å². The average Bonchev–Trinajstić information content (AvgIpc) is 1.86. The van der Waals surface area contributed by atoms with Crippen molar-refractivity contribution < 1.29 is 14.7 Å². The Labute approximate surface area is 65.7 Å². The lowest BCUT2D eigenvalue weighted by Crippen LogP contribution is -2.07. The number of carbonyl (C=O) groups excluding carboxylic acids is 1. The third kappa shape index (κ3) is 4.31. The van der Waals surface area contributed by atoms with E-state index in [1.807, 2.05) is 6.92 Å². The minimum absolute atomic E-state index is 0.306. The molecule has 0 atom stereocenters. The maximum Gasteiger partial charge on any atom is 0.311 e. The van der Waals surface area contributed by atoms with E-state index < -0.39 is 12.4 Å². The van der Waals surface area contributed by atoms with Crippen LogP contribution in [0.5, 0.6) is 0 Å². The van der Waals surface area contributed by atoms with E-state index in [2.05, 4.69) is 0 Å². The Morgan fingerprint density at radius 2 is 2.00 bits per heavy atom. The Morgan fingerprint density at radius 3 is 2.36 bits per heavy atom. The highest BCUT2D eigenvalue weighted by Crippen LogP contribution is 2.00. The molecule has 0 amide bonds. The molecule has 62 valence electrons. The first kappa shape index (κ1) is 9.88. The molecule has 11 heavy (non-hydrogen) atoms. The molecule has 0 aromatic carbocycles. The third-order valence-corrected chi connectivity index (χ3v) is 1.26. The topological polar surface area (TPSA) is 54.4 Å². The molecule has 3 nitrogen and oxygen atoms in total. The van der Waals surface area contributed by atoms with Crippen molar-refractivity contribution in [2.24, 2.45) is 0 Å². The summed E-state index contributed by atoms with van der Waals surface area (Å²) in [6.45, 7) is 3.53. The van der Waals surface area contributed by atoms with E-state index in [4.69, 9.17) is 5.11 Å². The summed E-state index contributed by atoms with van der Waals surface area (Å²) in [6, 6.07) is 0. The number of hydrogen-bond acceptors (Lipinski definition) is 2. The van der Waals surface area contributed by atoms with Gasteiger partial charge in [0.1, 0.15) is 6.42 Å². The van der Waals surface area contributed by atoms with Crippen molar-refractivity contribution in [2.45, 2.75) is 26.7 Å². The summed E-state index contributed by atoms with van der Waals surface area (Å²) in [5.41, 5.74) is 0.537. The summed E-state index contributed by atoms with van der Waals surface area (Å²) < 4.78 is 0. The van der Waals surface area contributed by atoms with E-state index in [1.54, 1.807) is 13.0 Å².